The third-order valence-corrected chi connectivity index (χ3v) is 5.16. The van der Waals surface area contributed by atoms with Gasteiger partial charge in [-0.15, -0.1) is 0 Å². The van der Waals surface area contributed by atoms with E-state index in [4.69, 9.17) is 11.6 Å². The Kier molecular flexibility index (Phi) is 4.76. The molecule has 0 radical (unpaired) electrons. The summed E-state index contributed by atoms with van der Waals surface area (Å²) in [7, 11) is 0. The molecule has 2 aromatic carbocycles. The number of aromatic nitrogens is 3. The molecule has 0 unspecified atom stereocenters. The predicted octanol–water partition coefficient (Wildman–Crippen LogP) is 5.44. The SMILES string of the molecule is Cc1ccc2nc(Nc3ncnc(Nc4ccccc4Cl)c3[N+](=O)[O-])sc2c1. The first-order valence-electron chi connectivity index (χ1n) is 8.16. The van der Waals surface area contributed by atoms with Crippen LogP contribution in [0.3, 0.4) is 0 Å². The molecule has 0 aliphatic carbocycles. The topological polar surface area (TPSA) is 106 Å². The molecular formula is C18H13ClN6O2S. The zero-order valence-electron chi connectivity index (χ0n) is 14.5. The Morgan fingerprint density at radius 2 is 1.86 bits per heavy atom. The molecule has 0 saturated heterocycles. The first-order chi connectivity index (χ1) is 13.5. The molecule has 2 heterocycles. The fourth-order valence-corrected chi connectivity index (χ4v) is 3.76. The smallest absolute Gasteiger partial charge is 0.333 e. The van der Waals surface area contributed by atoms with Gasteiger partial charge in [0.05, 0.1) is 25.8 Å². The molecule has 0 aliphatic rings. The maximum Gasteiger partial charge on any atom is 0.353 e. The summed E-state index contributed by atoms with van der Waals surface area (Å²) in [5.41, 5.74) is 2.14. The van der Waals surface area contributed by atoms with E-state index in [1.54, 1.807) is 24.3 Å². The van der Waals surface area contributed by atoms with Gasteiger partial charge >= 0.3 is 5.69 Å². The molecule has 28 heavy (non-hydrogen) atoms. The summed E-state index contributed by atoms with van der Waals surface area (Å²) in [5.74, 6) is 0.0814. The minimum atomic E-state index is -0.543. The van der Waals surface area contributed by atoms with Crippen molar-refractivity contribution in [1.82, 2.24) is 15.0 Å². The number of nitro groups is 1. The Morgan fingerprint density at radius 1 is 1.11 bits per heavy atom. The Labute approximate surface area is 168 Å². The number of hydrogen-bond donors (Lipinski definition) is 2. The third-order valence-electron chi connectivity index (χ3n) is 3.90. The van der Waals surface area contributed by atoms with Crippen molar-refractivity contribution >= 4 is 61.3 Å². The van der Waals surface area contributed by atoms with Crippen molar-refractivity contribution in [2.45, 2.75) is 6.92 Å². The number of nitrogens with zero attached hydrogens (tertiary/aromatic N) is 4. The fraction of sp³-hybridized carbons (Fsp3) is 0.0556. The molecule has 0 fully saturated rings. The average molecular weight is 413 g/mol. The van der Waals surface area contributed by atoms with Crippen LogP contribution in [0.25, 0.3) is 10.2 Å². The van der Waals surface area contributed by atoms with Gasteiger partial charge in [-0.05, 0) is 36.8 Å². The predicted molar refractivity (Wildman–Crippen MR) is 111 cm³/mol. The van der Waals surface area contributed by atoms with Gasteiger partial charge in [0.25, 0.3) is 0 Å². The summed E-state index contributed by atoms with van der Waals surface area (Å²) in [6.45, 7) is 1.99. The summed E-state index contributed by atoms with van der Waals surface area (Å²) >= 11 is 7.53. The molecule has 0 aliphatic heterocycles. The van der Waals surface area contributed by atoms with Crippen LogP contribution >= 0.6 is 22.9 Å². The second-order valence-electron chi connectivity index (χ2n) is 5.90. The fourth-order valence-electron chi connectivity index (χ4n) is 2.61. The zero-order chi connectivity index (χ0) is 19.7. The van der Waals surface area contributed by atoms with Crippen LogP contribution in [-0.2, 0) is 0 Å². The number of nitrogens with one attached hydrogen (secondary N) is 2. The molecule has 2 N–H and O–H groups in total. The second-order valence-corrected chi connectivity index (χ2v) is 7.33. The van der Waals surface area contributed by atoms with Crippen LogP contribution in [0.4, 0.5) is 28.1 Å². The first-order valence-corrected chi connectivity index (χ1v) is 9.36. The zero-order valence-corrected chi connectivity index (χ0v) is 16.1. The van der Waals surface area contributed by atoms with E-state index < -0.39 is 4.92 Å². The van der Waals surface area contributed by atoms with E-state index in [0.29, 0.717) is 15.8 Å². The van der Waals surface area contributed by atoms with Crippen LogP contribution < -0.4 is 10.6 Å². The molecule has 2 aromatic heterocycles. The van der Waals surface area contributed by atoms with Gasteiger partial charge in [-0.1, -0.05) is 41.1 Å². The van der Waals surface area contributed by atoms with E-state index in [-0.39, 0.29) is 17.3 Å². The highest BCUT2D eigenvalue weighted by atomic mass is 35.5. The van der Waals surface area contributed by atoms with Gasteiger partial charge in [0.1, 0.15) is 6.33 Å². The lowest BCUT2D eigenvalue weighted by atomic mass is 10.2. The molecule has 140 valence electrons. The van der Waals surface area contributed by atoms with Gasteiger partial charge in [-0.3, -0.25) is 10.1 Å². The molecule has 0 bridgehead atoms. The molecule has 0 atom stereocenters. The molecule has 4 rings (SSSR count). The monoisotopic (exact) mass is 412 g/mol. The number of para-hydroxylation sites is 1. The lowest BCUT2D eigenvalue weighted by Gasteiger charge is -2.09. The van der Waals surface area contributed by atoms with E-state index in [0.717, 1.165) is 15.8 Å². The normalized spacial score (nSPS) is 10.8. The number of halogens is 1. The second kappa shape index (κ2) is 7.37. The van der Waals surface area contributed by atoms with Gasteiger partial charge in [0.15, 0.2) is 5.13 Å². The van der Waals surface area contributed by atoms with Crippen LogP contribution in [0.5, 0.6) is 0 Å². The van der Waals surface area contributed by atoms with Crippen molar-refractivity contribution in [3.8, 4) is 0 Å². The molecular weight excluding hydrogens is 400 g/mol. The summed E-state index contributed by atoms with van der Waals surface area (Å²) < 4.78 is 0.980. The maximum atomic E-state index is 11.7. The highest BCUT2D eigenvalue weighted by molar-refractivity contribution is 7.22. The number of rotatable bonds is 5. The highest BCUT2D eigenvalue weighted by Gasteiger charge is 2.24. The van der Waals surface area contributed by atoms with E-state index in [2.05, 4.69) is 25.6 Å². The minimum Gasteiger partial charge on any atom is -0.333 e. The van der Waals surface area contributed by atoms with Crippen LogP contribution in [-0.4, -0.2) is 19.9 Å². The summed E-state index contributed by atoms with van der Waals surface area (Å²) in [6.07, 6.45) is 1.24. The Morgan fingerprint density at radius 3 is 2.61 bits per heavy atom. The van der Waals surface area contributed by atoms with Gasteiger partial charge in [-0.2, -0.15) is 0 Å². The molecule has 10 heteroatoms. The van der Waals surface area contributed by atoms with Gasteiger partial charge in [-0.25, -0.2) is 15.0 Å². The quantitative estimate of drug-likeness (QED) is 0.332. The molecule has 0 spiro atoms. The standard InChI is InChI=1S/C18H13ClN6O2S/c1-10-6-7-13-14(8-10)28-18(23-13)24-17-15(25(26)27)16(20-9-21-17)22-12-5-3-2-4-11(12)19/h2-9H,1H3,(H2,20,21,22,23,24). The molecule has 4 aromatic rings. The highest BCUT2D eigenvalue weighted by Crippen LogP contribution is 2.36. The van der Waals surface area contributed by atoms with Crippen LogP contribution in [0.1, 0.15) is 5.56 Å². The summed E-state index contributed by atoms with van der Waals surface area (Å²) in [5, 5.41) is 18.5. The number of aryl methyl sites for hydroxylation is 1. The average Bonchev–Trinajstić information content (AvgIpc) is 3.05. The van der Waals surface area contributed by atoms with Crippen molar-refractivity contribution in [2.75, 3.05) is 10.6 Å². The number of anilines is 4. The molecule has 8 nitrogen and oxygen atoms in total. The van der Waals surface area contributed by atoms with Crippen LogP contribution in [0, 0.1) is 17.0 Å². The first kappa shape index (κ1) is 18.1. The van der Waals surface area contributed by atoms with Crippen molar-refractivity contribution in [2.24, 2.45) is 0 Å². The van der Waals surface area contributed by atoms with E-state index >= 15 is 0 Å². The summed E-state index contributed by atoms with van der Waals surface area (Å²) in [4.78, 5) is 23.7. The maximum absolute atomic E-state index is 11.7. The van der Waals surface area contributed by atoms with E-state index in [1.165, 1.54) is 17.7 Å². The van der Waals surface area contributed by atoms with Crippen LogP contribution in [0.2, 0.25) is 5.02 Å². The lowest BCUT2D eigenvalue weighted by molar-refractivity contribution is -0.383. The summed E-state index contributed by atoms with van der Waals surface area (Å²) in [6, 6.07) is 12.8. The van der Waals surface area contributed by atoms with Crippen LogP contribution in [0.15, 0.2) is 48.8 Å². The van der Waals surface area contributed by atoms with E-state index in [9.17, 15) is 10.1 Å². The number of benzene rings is 2. The molecule has 0 amide bonds. The largest absolute Gasteiger partial charge is 0.353 e. The number of thiazole rings is 1. The molecule has 0 saturated carbocycles. The Balaban J connectivity index is 1.72. The van der Waals surface area contributed by atoms with Crippen molar-refractivity contribution < 1.29 is 4.92 Å². The number of fused-ring (bicyclic) bond motifs is 1. The van der Waals surface area contributed by atoms with Gasteiger partial charge in [0, 0.05) is 0 Å². The Bertz CT molecular complexity index is 1200. The third kappa shape index (κ3) is 3.57. The van der Waals surface area contributed by atoms with Crippen molar-refractivity contribution in [1.29, 1.82) is 0 Å². The van der Waals surface area contributed by atoms with Crippen molar-refractivity contribution in [3.63, 3.8) is 0 Å². The number of hydrogen-bond acceptors (Lipinski definition) is 8. The van der Waals surface area contributed by atoms with Gasteiger partial charge in [0.2, 0.25) is 11.6 Å². The van der Waals surface area contributed by atoms with Crippen molar-refractivity contribution in [3.05, 3.63) is 69.5 Å². The lowest BCUT2D eigenvalue weighted by Crippen LogP contribution is -2.05. The Hall–Kier alpha value is -3.30. The minimum absolute atomic E-state index is 0.0348. The van der Waals surface area contributed by atoms with E-state index in [1.807, 2.05) is 25.1 Å². The van der Waals surface area contributed by atoms with Gasteiger partial charge < -0.3 is 10.6 Å².